The standard InChI is InChI=1S/C13H16FN3O3/c1-16-8-11(2-3-13(16)18)15-7-9-4-10(14)6-12(5-9)17(19)20/h4-6,11,15H,2-3,7-8H2,1H3. The van der Waals surface area contributed by atoms with Crippen molar-refractivity contribution in [3.63, 3.8) is 0 Å². The molecule has 1 unspecified atom stereocenters. The van der Waals surface area contributed by atoms with E-state index in [1.807, 2.05) is 0 Å². The number of non-ortho nitro benzene ring substituents is 1. The Balaban J connectivity index is 1.97. The maximum atomic E-state index is 13.3. The highest BCUT2D eigenvalue weighted by molar-refractivity contribution is 5.76. The van der Waals surface area contributed by atoms with Crippen LogP contribution in [0.3, 0.4) is 0 Å². The van der Waals surface area contributed by atoms with Crippen LogP contribution in [0.5, 0.6) is 0 Å². The van der Waals surface area contributed by atoms with Crippen LogP contribution < -0.4 is 5.32 Å². The van der Waals surface area contributed by atoms with Crippen LogP contribution in [-0.4, -0.2) is 35.4 Å². The fraction of sp³-hybridized carbons (Fsp3) is 0.462. The molecule has 1 N–H and O–H groups in total. The highest BCUT2D eigenvalue weighted by Gasteiger charge is 2.22. The molecule has 6 nitrogen and oxygen atoms in total. The summed E-state index contributed by atoms with van der Waals surface area (Å²) in [6.07, 6.45) is 1.21. The van der Waals surface area contributed by atoms with Gasteiger partial charge in [-0.25, -0.2) is 4.39 Å². The Bertz CT molecular complexity index is 536. The third-order valence-corrected chi connectivity index (χ3v) is 3.37. The van der Waals surface area contributed by atoms with Gasteiger partial charge in [-0.2, -0.15) is 0 Å². The highest BCUT2D eigenvalue weighted by atomic mass is 19.1. The van der Waals surface area contributed by atoms with E-state index >= 15 is 0 Å². The molecule has 1 aliphatic heterocycles. The van der Waals surface area contributed by atoms with Gasteiger partial charge in [0.05, 0.1) is 11.0 Å². The van der Waals surface area contributed by atoms with E-state index in [9.17, 15) is 19.3 Å². The minimum atomic E-state index is -0.619. The van der Waals surface area contributed by atoms with Gasteiger partial charge in [0.15, 0.2) is 0 Å². The summed E-state index contributed by atoms with van der Waals surface area (Å²) in [6, 6.07) is 3.65. The number of rotatable bonds is 4. The molecule has 20 heavy (non-hydrogen) atoms. The largest absolute Gasteiger partial charge is 0.344 e. The molecule has 1 heterocycles. The number of nitro groups is 1. The Morgan fingerprint density at radius 3 is 2.90 bits per heavy atom. The normalized spacial score (nSPS) is 19.2. The first kappa shape index (κ1) is 14.4. The summed E-state index contributed by atoms with van der Waals surface area (Å²) in [5.41, 5.74) is 0.272. The maximum Gasteiger partial charge on any atom is 0.272 e. The van der Waals surface area contributed by atoms with Crippen LogP contribution >= 0.6 is 0 Å². The Morgan fingerprint density at radius 1 is 1.50 bits per heavy atom. The summed E-state index contributed by atoms with van der Waals surface area (Å²) < 4.78 is 13.3. The number of carbonyl (C=O) groups is 1. The topological polar surface area (TPSA) is 75.5 Å². The van der Waals surface area contributed by atoms with Gasteiger partial charge in [-0.3, -0.25) is 14.9 Å². The fourth-order valence-electron chi connectivity index (χ4n) is 2.28. The van der Waals surface area contributed by atoms with Crippen molar-refractivity contribution in [3.8, 4) is 0 Å². The van der Waals surface area contributed by atoms with E-state index < -0.39 is 10.7 Å². The predicted molar refractivity (Wildman–Crippen MR) is 70.6 cm³/mol. The van der Waals surface area contributed by atoms with Gasteiger partial charge in [0.2, 0.25) is 5.91 Å². The first-order valence-electron chi connectivity index (χ1n) is 6.37. The van der Waals surface area contributed by atoms with Crippen molar-refractivity contribution in [2.24, 2.45) is 0 Å². The number of hydrogen-bond donors (Lipinski definition) is 1. The Morgan fingerprint density at radius 2 is 2.25 bits per heavy atom. The van der Waals surface area contributed by atoms with E-state index in [1.165, 1.54) is 12.1 Å². The van der Waals surface area contributed by atoms with Crippen LogP contribution in [-0.2, 0) is 11.3 Å². The summed E-state index contributed by atoms with van der Waals surface area (Å²) in [4.78, 5) is 23.1. The van der Waals surface area contributed by atoms with Crippen molar-refractivity contribution in [2.45, 2.75) is 25.4 Å². The van der Waals surface area contributed by atoms with Gasteiger partial charge in [0, 0.05) is 38.7 Å². The van der Waals surface area contributed by atoms with Crippen molar-refractivity contribution in [3.05, 3.63) is 39.7 Å². The number of benzene rings is 1. The van der Waals surface area contributed by atoms with Crippen molar-refractivity contribution < 1.29 is 14.1 Å². The van der Waals surface area contributed by atoms with Gasteiger partial charge >= 0.3 is 0 Å². The Kier molecular flexibility index (Phi) is 4.29. The first-order chi connectivity index (χ1) is 9.45. The Labute approximate surface area is 115 Å². The number of likely N-dealkylation sites (N-methyl/N-ethyl adjacent to an activating group) is 1. The third-order valence-electron chi connectivity index (χ3n) is 3.37. The van der Waals surface area contributed by atoms with Gasteiger partial charge in [0.25, 0.3) is 5.69 Å². The summed E-state index contributed by atoms with van der Waals surface area (Å²) in [6.45, 7) is 0.932. The Hall–Kier alpha value is -2.02. The minimum absolute atomic E-state index is 0.115. The molecule has 108 valence electrons. The number of carbonyl (C=O) groups excluding carboxylic acids is 1. The van der Waals surface area contributed by atoms with Gasteiger partial charge in [-0.05, 0) is 18.1 Å². The number of nitrogens with one attached hydrogen (secondary N) is 1. The third kappa shape index (κ3) is 3.51. The highest BCUT2D eigenvalue weighted by Crippen LogP contribution is 2.17. The maximum absolute atomic E-state index is 13.3. The molecule has 0 spiro atoms. The molecule has 2 rings (SSSR count). The summed E-state index contributed by atoms with van der Waals surface area (Å²) in [7, 11) is 1.74. The first-order valence-corrected chi connectivity index (χ1v) is 6.37. The molecule has 0 bridgehead atoms. The lowest BCUT2D eigenvalue weighted by atomic mass is 10.1. The molecule has 1 aromatic carbocycles. The van der Waals surface area contributed by atoms with Crippen LogP contribution in [0.2, 0.25) is 0 Å². The smallest absolute Gasteiger partial charge is 0.272 e. The predicted octanol–water partition coefficient (Wildman–Crippen LogP) is 1.44. The fourth-order valence-corrected chi connectivity index (χ4v) is 2.28. The van der Waals surface area contributed by atoms with Crippen LogP contribution in [0.4, 0.5) is 10.1 Å². The van der Waals surface area contributed by atoms with Crippen LogP contribution in [0, 0.1) is 15.9 Å². The second-order valence-electron chi connectivity index (χ2n) is 4.97. The quantitative estimate of drug-likeness (QED) is 0.669. The molecule has 1 aromatic rings. The lowest BCUT2D eigenvalue weighted by Crippen LogP contribution is -2.46. The SMILES string of the molecule is CN1CC(NCc2cc(F)cc([N+](=O)[O-])c2)CCC1=O. The number of hydrogen-bond acceptors (Lipinski definition) is 4. The van der Waals surface area contributed by atoms with Crippen molar-refractivity contribution in [2.75, 3.05) is 13.6 Å². The van der Waals surface area contributed by atoms with E-state index in [1.54, 1.807) is 11.9 Å². The van der Waals surface area contributed by atoms with E-state index in [-0.39, 0.29) is 17.6 Å². The second kappa shape index (κ2) is 5.96. The van der Waals surface area contributed by atoms with Gasteiger partial charge in [-0.15, -0.1) is 0 Å². The molecular formula is C13H16FN3O3. The summed E-state index contributed by atoms with van der Waals surface area (Å²) in [5, 5.41) is 13.9. The number of nitrogens with zero attached hydrogens (tertiary/aromatic N) is 2. The molecule has 0 aromatic heterocycles. The number of nitro benzene ring substituents is 1. The molecule has 0 saturated carbocycles. The molecule has 1 saturated heterocycles. The van der Waals surface area contributed by atoms with Gasteiger partial charge in [0.1, 0.15) is 5.82 Å². The number of piperidine rings is 1. The van der Waals surface area contributed by atoms with E-state index in [0.717, 1.165) is 12.5 Å². The van der Waals surface area contributed by atoms with E-state index in [0.29, 0.717) is 25.1 Å². The second-order valence-corrected chi connectivity index (χ2v) is 4.97. The molecule has 0 radical (unpaired) electrons. The number of likely N-dealkylation sites (tertiary alicyclic amines) is 1. The van der Waals surface area contributed by atoms with Crippen LogP contribution in [0.1, 0.15) is 18.4 Å². The monoisotopic (exact) mass is 281 g/mol. The molecule has 0 aliphatic carbocycles. The molecule has 1 fully saturated rings. The lowest BCUT2D eigenvalue weighted by molar-refractivity contribution is -0.385. The molecular weight excluding hydrogens is 265 g/mol. The minimum Gasteiger partial charge on any atom is -0.344 e. The van der Waals surface area contributed by atoms with Crippen molar-refractivity contribution >= 4 is 11.6 Å². The lowest BCUT2D eigenvalue weighted by Gasteiger charge is -2.30. The van der Waals surface area contributed by atoms with Gasteiger partial charge < -0.3 is 10.2 Å². The number of amides is 1. The molecule has 7 heteroatoms. The average Bonchev–Trinajstić information content (AvgIpc) is 2.39. The zero-order valence-corrected chi connectivity index (χ0v) is 11.1. The zero-order chi connectivity index (χ0) is 14.7. The average molecular weight is 281 g/mol. The molecule has 1 atom stereocenters. The van der Waals surface area contributed by atoms with E-state index in [4.69, 9.17) is 0 Å². The molecule has 1 amide bonds. The number of halogens is 1. The van der Waals surface area contributed by atoms with Crippen molar-refractivity contribution in [1.82, 2.24) is 10.2 Å². The summed E-state index contributed by atoms with van der Waals surface area (Å²) >= 11 is 0. The van der Waals surface area contributed by atoms with E-state index in [2.05, 4.69) is 5.32 Å². The summed E-state index contributed by atoms with van der Waals surface area (Å²) in [5.74, 6) is -0.503. The molecule has 1 aliphatic rings. The van der Waals surface area contributed by atoms with Crippen LogP contribution in [0.25, 0.3) is 0 Å². The van der Waals surface area contributed by atoms with Gasteiger partial charge in [-0.1, -0.05) is 0 Å². The van der Waals surface area contributed by atoms with Crippen LogP contribution in [0.15, 0.2) is 18.2 Å². The van der Waals surface area contributed by atoms with Crippen molar-refractivity contribution in [1.29, 1.82) is 0 Å². The zero-order valence-electron chi connectivity index (χ0n) is 11.1.